The highest BCUT2D eigenvalue weighted by Crippen LogP contribution is 2.32. The van der Waals surface area contributed by atoms with Gasteiger partial charge in [0.15, 0.2) is 11.6 Å². The van der Waals surface area contributed by atoms with E-state index in [0.29, 0.717) is 16.6 Å². The van der Waals surface area contributed by atoms with Gasteiger partial charge in [-0.3, -0.25) is 14.2 Å². The number of halogens is 3. The molecule has 4 nitrogen and oxygen atoms in total. The van der Waals surface area contributed by atoms with E-state index in [4.69, 9.17) is 11.6 Å². The second-order valence-electron chi connectivity index (χ2n) is 5.48. The molecule has 2 aromatic carbocycles. The van der Waals surface area contributed by atoms with Crippen molar-refractivity contribution >= 4 is 34.7 Å². The number of benzene rings is 2. The lowest BCUT2D eigenvalue weighted by Gasteiger charge is -2.08. The number of phenolic OH excluding ortho intramolecular Hbond substituents is 1. The van der Waals surface area contributed by atoms with Crippen LogP contribution in [0.15, 0.2) is 30.3 Å². The number of carbonyl (C=O) groups excluding carboxylic acids is 2. The highest BCUT2D eigenvalue weighted by molar-refractivity contribution is 6.30. The summed E-state index contributed by atoms with van der Waals surface area (Å²) in [6, 6.07) is 5.73. The molecule has 0 fully saturated rings. The number of fused-ring (bicyclic) bond motifs is 1. The van der Waals surface area contributed by atoms with Gasteiger partial charge in [-0.1, -0.05) is 11.6 Å². The minimum absolute atomic E-state index is 0.0111. The molecule has 1 N–H and O–H groups in total. The van der Waals surface area contributed by atoms with Crippen molar-refractivity contribution < 1.29 is 23.5 Å². The summed E-state index contributed by atoms with van der Waals surface area (Å²) >= 11 is 5.63. The maximum Gasteiger partial charge on any atom is 0.262 e. The van der Waals surface area contributed by atoms with E-state index in [1.54, 1.807) is 13.2 Å². The number of phenols is 1. The second kappa shape index (κ2) is 6.29. The molecule has 1 aromatic heterocycles. The molecule has 3 aromatic rings. The molecule has 0 aliphatic carbocycles. The number of aromatic nitrogens is 1. The van der Waals surface area contributed by atoms with Gasteiger partial charge in [0.2, 0.25) is 6.29 Å². The predicted octanol–water partition coefficient (Wildman–Crippen LogP) is 3.93. The molecule has 1 heterocycles. The van der Waals surface area contributed by atoms with Crippen LogP contribution in [-0.2, 0) is 11.2 Å². The highest BCUT2D eigenvalue weighted by Gasteiger charge is 2.22. The predicted molar refractivity (Wildman–Crippen MR) is 88.8 cm³/mol. The zero-order valence-corrected chi connectivity index (χ0v) is 13.7. The molecule has 3 rings (SSSR count). The van der Waals surface area contributed by atoms with Crippen molar-refractivity contribution in [3.05, 3.63) is 63.8 Å². The van der Waals surface area contributed by atoms with E-state index in [2.05, 4.69) is 0 Å². The molecular formula is C18H11ClF2NO3. The molecule has 0 saturated heterocycles. The Balaban J connectivity index is 2.29. The monoisotopic (exact) mass is 362 g/mol. The van der Waals surface area contributed by atoms with Crippen LogP contribution >= 0.6 is 11.6 Å². The molecule has 127 valence electrons. The lowest BCUT2D eigenvalue weighted by molar-refractivity contribution is 0.0962. The van der Waals surface area contributed by atoms with Crippen molar-refractivity contribution in [1.29, 1.82) is 0 Å². The zero-order valence-electron chi connectivity index (χ0n) is 12.9. The van der Waals surface area contributed by atoms with E-state index in [-0.39, 0.29) is 22.5 Å². The number of hydrogen-bond acceptors (Lipinski definition) is 3. The van der Waals surface area contributed by atoms with Gasteiger partial charge >= 0.3 is 0 Å². The van der Waals surface area contributed by atoms with Gasteiger partial charge < -0.3 is 5.11 Å². The Morgan fingerprint density at radius 1 is 1.24 bits per heavy atom. The van der Waals surface area contributed by atoms with E-state index in [1.165, 1.54) is 16.7 Å². The molecule has 0 amide bonds. The van der Waals surface area contributed by atoms with Gasteiger partial charge in [-0.25, -0.2) is 8.78 Å². The maximum absolute atomic E-state index is 13.8. The third-order valence-electron chi connectivity index (χ3n) is 4.02. The molecule has 0 saturated carbocycles. The molecule has 0 atom stereocenters. The quantitative estimate of drug-likeness (QED) is 0.768. The number of rotatable bonds is 3. The van der Waals surface area contributed by atoms with Crippen molar-refractivity contribution in [2.75, 3.05) is 0 Å². The second-order valence-corrected chi connectivity index (χ2v) is 5.88. The first-order valence-corrected chi connectivity index (χ1v) is 7.60. The van der Waals surface area contributed by atoms with Crippen LogP contribution in [0.4, 0.5) is 8.78 Å². The Labute approximate surface area is 146 Å². The summed E-state index contributed by atoms with van der Waals surface area (Å²) < 4.78 is 28.7. The molecule has 1 radical (unpaired) electrons. The van der Waals surface area contributed by atoms with Crippen LogP contribution in [-0.4, -0.2) is 21.9 Å². The normalized spacial score (nSPS) is 11.0. The molecule has 0 bridgehead atoms. The summed E-state index contributed by atoms with van der Waals surface area (Å²) in [6.45, 7) is 1.58. The summed E-state index contributed by atoms with van der Waals surface area (Å²) in [5.41, 5.74) is 0.988. The third-order valence-corrected chi connectivity index (χ3v) is 4.33. The zero-order chi connectivity index (χ0) is 18.3. The average Bonchev–Trinajstić information content (AvgIpc) is 2.82. The van der Waals surface area contributed by atoms with Crippen molar-refractivity contribution in [3.63, 3.8) is 0 Å². The van der Waals surface area contributed by atoms with Crippen LogP contribution in [0.3, 0.4) is 0 Å². The maximum atomic E-state index is 13.8. The summed E-state index contributed by atoms with van der Waals surface area (Å²) in [5, 5.41) is 9.82. The van der Waals surface area contributed by atoms with Crippen molar-refractivity contribution in [2.45, 2.75) is 13.3 Å². The van der Waals surface area contributed by atoms with Crippen molar-refractivity contribution in [3.8, 4) is 5.75 Å². The number of hydrogen-bond donors (Lipinski definition) is 1. The summed E-state index contributed by atoms with van der Waals surface area (Å²) in [6.07, 6.45) is 1.60. The van der Waals surface area contributed by atoms with E-state index < -0.39 is 23.3 Å². The lowest BCUT2D eigenvalue weighted by atomic mass is 10.1. The Morgan fingerprint density at radius 3 is 2.60 bits per heavy atom. The smallest absolute Gasteiger partial charge is 0.262 e. The van der Waals surface area contributed by atoms with Crippen LogP contribution in [0.5, 0.6) is 5.75 Å². The average molecular weight is 363 g/mol. The molecule has 0 aliphatic heterocycles. The fourth-order valence-corrected chi connectivity index (χ4v) is 2.92. The van der Waals surface area contributed by atoms with Gasteiger partial charge in [0, 0.05) is 29.1 Å². The molecule has 25 heavy (non-hydrogen) atoms. The third kappa shape index (κ3) is 2.78. The topological polar surface area (TPSA) is 59.3 Å². The van der Waals surface area contributed by atoms with Gasteiger partial charge in [-0.05, 0) is 36.8 Å². The van der Waals surface area contributed by atoms with Crippen molar-refractivity contribution in [2.24, 2.45) is 0 Å². The summed E-state index contributed by atoms with van der Waals surface area (Å²) in [4.78, 5) is 23.7. The van der Waals surface area contributed by atoms with Crippen LogP contribution in [0.1, 0.15) is 21.6 Å². The largest absolute Gasteiger partial charge is 0.505 e. The fraction of sp³-hybridized carbons (Fsp3) is 0.111. The van der Waals surface area contributed by atoms with Gasteiger partial charge in [0.1, 0.15) is 5.82 Å². The highest BCUT2D eigenvalue weighted by atomic mass is 35.5. The molecule has 0 unspecified atom stereocenters. The molecule has 0 spiro atoms. The minimum atomic E-state index is -0.914. The fourth-order valence-electron chi connectivity index (χ4n) is 2.80. The first-order valence-electron chi connectivity index (χ1n) is 7.22. The SMILES string of the molecule is Cc1c(C[C]=O)c2cc(O)c(F)cc2n1C(=O)c1ccc(Cl)c(F)c1. The van der Waals surface area contributed by atoms with Gasteiger partial charge in [-0.2, -0.15) is 0 Å². The molecular weight excluding hydrogens is 352 g/mol. The van der Waals surface area contributed by atoms with Crippen LogP contribution < -0.4 is 0 Å². The Bertz CT molecular complexity index is 1030. The Morgan fingerprint density at radius 2 is 1.96 bits per heavy atom. The van der Waals surface area contributed by atoms with Gasteiger partial charge in [0.05, 0.1) is 10.5 Å². The van der Waals surface area contributed by atoms with E-state index in [9.17, 15) is 23.5 Å². The van der Waals surface area contributed by atoms with E-state index >= 15 is 0 Å². The molecule has 0 aliphatic rings. The summed E-state index contributed by atoms with van der Waals surface area (Å²) in [5.74, 6) is -2.88. The molecule has 7 heteroatoms. The Hall–Kier alpha value is -2.73. The number of carbonyl (C=O) groups is 1. The van der Waals surface area contributed by atoms with Crippen LogP contribution in [0, 0.1) is 18.6 Å². The number of aromatic hydroxyl groups is 1. The number of nitrogens with zero attached hydrogens (tertiary/aromatic N) is 1. The first-order chi connectivity index (χ1) is 11.8. The Kier molecular flexibility index (Phi) is 4.30. The van der Waals surface area contributed by atoms with E-state index in [1.807, 2.05) is 0 Å². The standard InChI is InChI=1S/C18H11ClF2NO3/c1-9-11(4-5-23)12-7-17(24)15(21)8-16(12)22(9)18(25)10-2-3-13(19)14(20)6-10/h2-3,6-8,24H,4H2,1H3. The first kappa shape index (κ1) is 17.1. The van der Waals surface area contributed by atoms with E-state index in [0.717, 1.165) is 18.2 Å². The lowest BCUT2D eigenvalue weighted by Crippen LogP contribution is -2.14. The van der Waals surface area contributed by atoms with Crippen molar-refractivity contribution in [1.82, 2.24) is 4.57 Å². The van der Waals surface area contributed by atoms with Crippen LogP contribution in [0.25, 0.3) is 10.9 Å². The minimum Gasteiger partial charge on any atom is -0.505 e. The van der Waals surface area contributed by atoms with Crippen LogP contribution in [0.2, 0.25) is 5.02 Å². The summed E-state index contributed by atoms with van der Waals surface area (Å²) in [7, 11) is 0. The van der Waals surface area contributed by atoms with Gasteiger partial charge in [-0.15, -0.1) is 0 Å². The van der Waals surface area contributed by atoms with Gasteiger partial charge in [0.25, 0.3) is 5.91 Å².